The van der Waals surface area contributed by atoms with E-state index < -0.39 is 0 Å². The monoisotopic (exact) mass is 311 g/mol. The van der Waals surface area contributed by atoms with Crippen LogP contribution in [0.1, 0.15) is 27.9 Å². The molecule has 0 aliphatic heterocycles. The van der Waals surface area contributed by atoms with Crippen LogP contribution in [0, 0.1) is 13.8 Å². The molecule has 5 heteroatoms. The first kappa shape index (κ1) is 16.7. The molecular weight excluding hydrogens is 290 g/mol. The van der Waals surface area contributed by atoms with E-state index in [4.69, 9.17) is 5.73 Å². The second-order valence-electron chi connectivity index (χ2n) is 5.44. The van der Waals surface area contributed by atoms with Gasteiger partial charge in [-0.2, -0.15) is 0 Å². The lowest BCUT2D eigenvalue weighted by Crippen LogP contribution is -2.17. The van der Waals surface area contributed by atoms with Crippen molar-refractivity contribution in [3.63, 3.8) is 0 Å². The smallest absolute Gasteiger partial charge is 0.255 e. The topological polar surface area (TPSA) is 84.2 Å². The quantitative estimate of drug-likeness (QED) is 0.794. The lowest BCUT2D eigenvalue weighted by molar-refractivity contribution is -0.116. The van der Waals surface area contributed by atoms with Crippen molar-refractivity contribution in [2.24, 2.45) is 5.73 Å². The maximum atomic E-state index is 12.3. The van der Waals surface area contributed by atoms with E-state index in [-0.39, 0.29) is 18.2 Å². The third-order valence-electron chi connectivity index (χ3n) is 3.42. The minimum Gasteiger partial charge on any atom is -0.330 e. The number of carbonyl (C=O) groups is 2. The molecule has 0 aromatic heterocycles. The van der Waals surface area contributed by atoms with Gasteiger partial charge in [-0.1, -0.05) is 23.8 Å². The summed E-state index contributed by atoms with van der Waals surface area (Å²) in [6.07, 6.45) is 0.263. The molecule has 0 saturated heterocycles. The summed E-state index contributed by atoms with van der Waals surface area (Å²) in [5.74, 6) is -0.324. The van der Waals surface area contributed by atoms with Crippen molar-refractivity contribution in [2.45, 2.75) is 20.3 Å². The Bertz CT molecular complexity index is 726. The molecule has 0 fully saturated rings. The van der Waals surface area contributed by atoms with E-state index in [2.05, 4.69) is 10.6 Å². The molecule has 0 aliphatic carbocycles. The molecule has 23 heavy (non-hydrogen) atoms. The first-order chi connectivity index (χ1) is 11.0. The van der Waals surface area contributed by atoms with Crippen LogP contribution >= 0.6 is 0 Å². The van der Waals surface area contributed by atoms with Crippen LogP contribution in [-0.2, 0) is 4.79 Å². The second kappa shape index (κ2) is 7.56. The number of nitrogens with two attached hydrogens (primary N) is 1. The number of nitrogens with one attached hydrogen (secondary N) is 2. The molecule has 0 bridgehead atoms. The summed E-state index contributed by atoms with van der Waals surface area (Å²) in [5, 5.41) is 5.65. The summed E-state index contributed by atoms with van der Waals surface area (Å²) < 4.78 is 0. The number of amides is 2. The highest BCUT2D eigenvalue weighted by molar-refractivity contribution is 6.04. The Kier molecular flexibility index (Phi) is 5.49. The van der Waals surface area contributed by atoms with Crippen LogP contribution < -0.4 is 16.4 Å². The molecule has 0 atom stereocenters. The van der Waals surface area contributed by atoms with E-state index in [1.54, 1.807) is 12.1 Å². The average Bonchev–Trinajstić information content (AvgIpc) is 2.51. The van der Waals surface area contributed by atoms with Gasteiger partial charge in [-0.3, -0.25) is 9.59 Å². The highest BCUT2D eigenvalue weighted by Crippen LogP contribution is 2.21. The average molecular weight is 311 g/mol. The molecule has 120 valence electrons. The van der Waals surface area contributed by atoms with Crippen molar-refractivity contribution in [1.82, 2.24) is 0 Å². The molecule has 2 aromatic carbocycles. The molecule has 0 radical (unpaired) electrons. The van der Waals surface area contributed by atoms with Gasteiger partial charge in [0.25, 0.3) is 5.91 Å². The Morgan fingerprint density at radius 3 is 2.52 bits per heavy atom. The number of hydrogen-bond acceptors (Lipinski definition) is 3. The Balaban J connectivity index is 2.14. The minimum atomic E-state index is -0.184. The molecule has 0 spiro atoms. The fraction of sp³-hybridized carbons (Fsp3) is 0.222. The van der Waals surface area contributed by atoms with Crippen LogP contribution in [0.25, 0.3) is 0 Å². The van der Waals surface area contributed by atoms with E-state index in [0.29, 0.717) is 23.5 Å². The third kappa shape index (κ3) is 4.66. The molecule has 0 aliphatic rings. The lowest BCUT2D eigenvalue weighted by Gasteiger charge is -2.11. The SMILES string of the molecule is Cc1cccc(C(=O)Nc2ccc(C)c(NC(=O)CCN)c2)c1. The largest absolute Gasteiger partial charge is 0.330 e. The molecule has 2 rings (SSSR count). The lowest BCUT2D eigenvalue weighted by atomic mass is 10.1. The summed E-state index contributed by atoms with van der Waals surface area (Å²) in [6, 6.07) is 12.8. The highest BCUT2D eigenvalue weighted by Gasteiger charge is 2.09. The number of benzene rings is 2. The number of anilines is 2. The Hall–Kier alpha value is -2.66. The van der Waals surface area contributed by atoms with Gasteiger partial charge < -0.3 is 16.4 Å². The number of carbonyl (C=O) groups excluding carboxylic acids is 2. The summed E-state index contributed by atoms with van der Waals surface area (Å²) in [4.78, 5) is 24.0. The molecule has 2 aromatic rings. The van der Waals surface area contributed by atoms with Gasteiger partial charge in [0.2, 0.25) is 5.91 Å². The zero-order valence-corrected chi connectivity index (χ0v) is 13.3. The zero-order chi connectivity index (χ0) is 16.8. The maximum Gasteiger partial charge on any atom is 0.255 e. The molecule has 0 heterocycles. The van der Waals surface area contributed by atoms with Crippen molar-refractivity contribution in [3.05, 3.63) is 59.2 Å². The van der Waals surface area contributed by atoms with Gasteiger partial charge >= 0.3 is 0 Å². The summed E-state index contributed by atoms with van der Waals surface area (Å²) in [6.45, 7) is 4.13. The van der Waals surface area contributed by atoms with E-state index >= 15 is 0 Å². The summed E-state index contributed by atoms with van der Waals surface area (Å²) in [7, 11) is 0. The van der Waals surface area contributed by atoms with Crippen LogP contribution in [0.4, 0.5) is 11.4 Å². The van der Waals surface area contributed by atoms with Gasteiger partial charge in [0.05, 0.1) is 0 Å². The molecule has 0 saturated carbocycles. The van der Waals surface area contributed by atoms with Crippen molar-refractivity contribution in [2.75, 3.05) is 17.2 Å². The summed E-state index contributed by atoms with van der Waals surface area (Å²) in [5.41, 5.74) is 9.22. The van der Waals surface area contributed by atoms with E-state index in [0.717, 1.165) is 11.1 Å². The number of rotatable bonds is 5. The van der Waals surface area contributed by atoms with Gasteiger partial charge in [-0.25, -0.2) is 0 Å². The second-order valence-corrected chi connectivity index (χ2v) is 5.44. The fourth-order valence-corrected chi connectivity index (χ4v) is 2.17. The van der Waals surface area contributed by atoms with E-state index in [1.165, 1.54) is 0 Å². The van der Waals surface area contributed by atoms with Gasteiger partial charge in [-0.05, 0) is 43.7 Å². The van der Waals surface area contributed by atoms with Crippen molar-refractivity contribution < 1.29 is 9.59 Å². The van der Waals surface area contributed by atoms with Gasteiger partial charge in [0.15, 0.2) is 0 Å². The maximum absolute atomic E-state index is 12.3. The molecular formula is C18H21N3O2. The Labute approximate surface area is 135 Å². The standard InChI is InChI=1S/C18H21N3O2/c1-12-4-3-5-14(10-12)18(23)20-15-7-6-13(2)16(11-15)21-17(22)8-9-19/h3-7,10-11H,8-9,19H2,1-2H3,(H,20,23)(H,21,22). The highest BCUT2D eigenvalue weighted by atomic mass is 16.2. The number of hydrogen-bond donors (Lipinski definition) is 3. The molecule has 2 amide bonds. The van der Waals surface area contributed by atoms with Gasteiger partial charge in [0.1, 0.15) is 0 Å². The van der Waals surface area contributed by atoms with Gasteiger partial charge in [-0.15, -0.1) is 0 Å². The Morgan fingerprint density at radius 1 is 1.04 bits per heavy atom. The molecule has 5 nitrogen and oxygen atoms in total. The third-order valence-corrected chi connectivity index (χ3v) is 3.42. The van der Waals surface area contributed by atoms with Gasteiger partial charge in [0, 0.05) is 29.9 Å². The summed E-state index contributed by atoms with van der Waals surface area (Å²) >= 11 is 0. The van der Waals surface area contributed by atoms with Crippen molar-refractivity contribution in [3.8, 4) is 0 Å². The molecule has 0 unspecified atom stereocenters. The van der Waals surface area contributed by atoms with Crippen molar-refractivity contribution in [1.29, 1.82) is 0 Å². The fourth-order valence-electron chi connectivity index (χ4n) is 2.17. The molecule has 4 N–H and O–H groups in total. The van der Waals surface area contributed by atoms with Crippen LogP contribution in [0.15, 0.2) is 42.5 Å². The van der Waals surface area contributed by atoms with Crippen LogP contribution in [-0.4, -0.2) is 18.4 Å². The first-order valence-electron chi connectivity index (χ1n) is 7.48. The minimum absolute atomic E-state index is 0.141. The normalized spacial score (nSPS) is 10.2. The first-order valence-corrected chi connectivity index (χ1v) is 7.48. The van der Waals surface area contributed by atoms with E-state index in [1.807, 2.05) is 44.2 Å². The van der Waals surface area contributed by atoms with Crippen molar-refractivity contribution >= 4 is 23.2 Å². The van der Waals surface area contributed by atoms with Crippen LogP contribution in [0.5, 0.6) is 0 Å². The zero-order valence-electron chi connectivity index (χ0n) is 13.3. The Morgan fingerprint density at radius 2 is 1.83 bits per heavy atom. The van der Waals surface area contributed by atoms with Crippen LogP contribution in [0.3, 0.4) is 0 Å². The predicted octanol–water partition coefficient (Wildman–Crippen LogP) is 2.84. The predicted molar refractivity (Wildman–Crippen MR) is 92.6 cm³/mol. The van der Waals surface area contributed by atoms with Crippen LogP contribution in [0.2, 0.25) is 0 Å². The van der Waals surface area contributed by atoms with E-state index in [9.17, 15) is 9.59 Å². The number of aryl methyl sites for hydroxylation is 2.